The molecule has 0 heterocycles. The van der Waals surface area contributed by atoms with Gasteiger partial charge in [-0.25, -0.2) is 0 Å². The molecule has 0 amide bonds. The van der Waals surface area contributed by atoms with E-state index in [0.717, 1.165) is 18.4 Å². The molecule has 0 saturated heterocycles. The van der Waals surface area contributed by atoms with E-state index in [1.165, 1.54) is 32.2 Å². The van der Waals surface area contributed by atoms with Crippen molar-refractivity contribution in [2.45, 2.75) is 67.2 Å². The second kappa shape index (κ2) is 8.11. The Labute approximate surface area is 103 Å². The summed E-state index contributed by atoms with van der Waals surface area (Å²) in [4.78, 5) is 0. The molecule has 0 aromatic heterocycles. The van der Waals surface area contributed by atoms with Gasteiger partial charge in [-0.15, -0.1) is 0 Å². The third kappa shape index (κ3) is 6.52. The summed E-state index contributed by atoms with van der Waals surface area (Å²) in [5.74, 6) is 1.62. The number of rotatable bonds is 9. The van der Waals surface area contributed by atoms with Crippen molar-refractivity contribution in [2.75, 3.05) is 13.1 Å². The molecule has 1 N–H and O–H groups in total. The zero-order chi connectivity index (χ0) is 12.6. The Balaban J connectivity index is 3.77. The molecule has 0 fully saturated rings. The summed E-state index contributed by atoms with van der Waals surface area (Å²) in [7, 11) is 0. The van der Waals surface area contributed by atoms with E-state index >= 15 is 0 Å². The maximum Gasteiger partial charge on any atom is 0.000508 e. The predicted octanol–water partition coefficient (Wildman–Crippen LogP) is 4.47. The van der Waals surface area contributed by atoms with Crippen LogP contribution in [0.5, 0.6) is 0 Å². The Kier molecular flexibility index (Phi) is 8.09. The van der Waals surface area contributed by atoms with Crippen molar-refractivity contribution in [3.63, 3.8) is 0 Å². The van der Waals surface area contributed by atoms with Crippen molar-refractivity contribution >= 4 is 0 Å². The smallest absolute Gasteiger partial charge is 0.000508 e. The number of hydrogen-bond donors (Lipinski definition) is 1. The standard InChI is InChI=1S/C15H33N/c1-7-9-10-14(8-2)11-16-12-15(5,6)13(3)4/h13-14,16H,7-12H2,1-6H3. The topological polar surface area (TPSA) is 12.0 Å². The molecule has 0 aliphatic carbocycles. The van der Waals surface area contributed by atoms with E-state index in [9.17, 15) is 0 Å². The molecule has 0 aromatic carbocycles. The van der Waals surface area contributed by atoms with E-state index in [0.29, 0.717) is 5.41 Å². The fourth-order valence-electron chi connectivity index (χ4n) is 1.75. The Morgan fingerprint density at radius 2 is 1.75 bits per heavy atom. The average molecular weight is 227 g/mol. The first kappa shape index (κ1) is 16.0. The molecule has 0 bridgehead atoms. The molecule has 1 atom stereocenters. The zero-order valence-corrected chi connectivity index (χ0v) is 12.4. The lowest BCUT2D eigenvalue weighted by Crippen LogP contribution is -2.35. The van der Waals surface area contributed by atoms with E-state index < -0.39 is 0 Å². The zero-order valence-electron chi connectivity index (χ0n) is 12.4. The molecule has 0 aromatic rings. The molecule has 16 heavy (non-hydrogen) atoms. The SMILES string of the molecule is CCCCC(CC)CNCC(C)(C)C(C)C. The average Bonchev–Trinajstić information content (AvgIpc) is 2.22. The molecule has 1 unspecified atom stereocenters. The van der Waals surface area contributed by atoms with Crippen LogP contribution in [0.4, 0.5) is 0 Å². The highest BCUT2D eigenvalue weighted by Gasteiger charge is 2.21. The maximum atomic E-state index is 3.67. The summed E-state index contributed by atoms with van der Waals surface area (Å²) in [6, 6.07) is 0. The van der Waals surface area contributed by atoms with Gasteiger partial charge in [0.2, 0.25) is 0 Å². The first-order valence-corrected chi connectivity index (χ1v) is 7.14. The molecule has 0 saturated carbocycles. The van der Waals surface area contributed by atoms with Gasteiger partial charge in [-0.2, -0.15) is 0 Å². The van der Waals surface area contributed by atoms with E-state index in [-0.39, 0.29) is 0 Å². The Morgan fingerprint density at radius 3 is 2.19 bits per heavy atom. The lowest BCUT2D eigenvalue weighted by molar-refractivity contribution is 0.231. The lowest BCUT2D eigenvalue weighted by atomic mass is 9.81. The van der Waals surface area contributed by atoms with Crippen LogP contribution in [0.2, 0.25) is 0 Å². The van der Waals surface area contributed by atoms with Crippen LogP contribution in [-0.4, -0.2) is 13.1 Å². The number of unbranched alkanes of at least 4 members (excludes halogenated alkanes) is 1. The van der Waals surface area contributed by atoms with E-state index in [2.05, 4.69) is 46.9 Å². The molecule has 0 aliphatic rings. The van der Waals surface area contributed by atoms with Crippen LogP contribution in [0, 0.1) is 17.3 Å². The van der Waals surface area contributed by atoms with Crippen molar-refractivity contribution < 1.29 is 0 Å². The summed E-state index contributed by atoms with van der Waals surface area (Å²) < 4.78 is 0. The summed E-state index contributed by atoms with van der Waals surface area (Å²) >= 11 is 0. The molecular formula is C15H33N. The van der Waals surface area contributed by atoms with Gasteiger partial charge in [0.05, 0.1) is 0 Å². The fourth-order valence-corrected chi connectivity index (χ4v) is 1.75. The highest BCUT2D eigenvalue weighted by atomic mass is 14.9. The lowest BCUT2D eigenvalue weighted by Gasteiger charge is -2.30. The molecule has 0 aliphatic heterocycles. The molecule has 1 heteroatoms. The van der Waals surface area contributed by atoms with Crippen molar-refractivity contribution in [1.29, 1.82) is 0 Å². The normalized spacial score (nSPS) is 14.4. The Hall–Kier alpha value is -0.0400. The van der Waals surface area contributed by atoms with Gasteiger partial charge in [0.1, 0.15) is 0 Å². The third-order valence-electron chi connectivity index (χ3n) is 4.12. The molecule has 0 spiro atoms. The largest absolute Gasteiger partial charge is 0.316 e. The quantitative estimate of drug-likeness (QED) is 0.612. The van der Waals surface area contributed by atoms with Gasteiger partial charge in [0.15, 0.2) is 0 Å². The molecule has 98 valence electrons. The van der Waals surface area contributed by atoms with E-state index in [4.69, 9.17) is 0 Å². The summed E-state index contributed by atoms with van der Waals surface area (Å²) in [5, 5.41) is 3.67. The molecule has 1 nitrogen and oxygen atoms in total. The summed E-state index contributed by atoms with van der Waals surface area (Å²) in [5.41, 5.74) is 0.420. The minimum Gasteiger partial charge on any atom is -0.316 e. The van der Waals surface area contributed by atoms with E-state index in [1.54, 1.807) is 0 Å². The van der Waals surface area contributed by atoms with Gasteiger partial charge < -0.3 is 5.32 Å². The molecule has 0 radical (unpaired) electrons. The maximum absolute atomic E-state index is 3.67. The minimum absolute atomic E-state index is 0.420. The van der Waals surface area contributed by atoms with Crippen LogP contribution < -0.4 is 5.32 Å². The summed E-state index contributed by atoms with van der Waals surface area (Å²) in [6.07, 6.45) is 5.42. The van der Waals surface area contributed by atoms with Crippen molar-refractivity contribution in [1.82, 2.24) is 5.32 Å². The van der Waals surface area contributed by atoms with Gasteiger partial charge in [-0.1, -0.05) is 60.8 Å². The van der Waals surface area contributed by atoms with Gasteiger partial charge in [-0.3, -0.25) is 0 Å². The van der Waals surface area contributed by atoms with Crippen LogP contribution >= 0.6 is 0 Å². The minimum atomic E-state index is 0.420. The van der Waals surface area contributed by atoms with Crippen molar-refractivity contribution in [3.05, 3.63) is 0 Å². The Bertz CT molecular complexity index is 161. The van der Waals surface area contributed by atoms with Gasteiger partial charge in [0, 0.05) is 6.54 Å². The van der Waals surface area contributed by atoms with Crippen molar-refractivity contribution in [2.24, 2.45) is 17.3 Å². The number of hydrogen-bond acceptors (Lipinski definition) is 1. The van der Waals surface area contributed by atoms with Gasteiger partial charge in [-0.05, 0) is 30.2 Å². The highest BCUT2D eigenvalue weighted by molar-refractivity contribution is 4.75. The van der Waals surface area contributed by atoms with Gasteiger partial charge in [0.25, 0.3) is 0 Å². The third-order valence-corrected chi connectivity index (χ3v) is 4.12. The van der Waals surface area contributed by atoms with Crippen LogP contribution in [0.25, 0.3) is 0 Å². The highest BCUT2D eigenvalue weighted by Crippen LogP contribution is 2.24. The first-order chi connectivity index (χ1) is 7.44. The fraction of sp³-hybridized carbons (Fsp3) is 1.00. The number of nitrogens with one attached hydrogen (secondary N) is 1. The van der Waals surface area contributed by atoms with Crippen LogP contribution in [0.1, 0.15) is 67.2 Å². The van der Waals surface area contributed by atoms with Crippen LogP contribution in [-0.2, 0) is 0 Å². The van der Waals surface area contributed by atoms with Crippen LogP contribution in [0.15, 0.2) is 0 Å². The summed E-state index contributed by atoms with van der Waals surface area (Å²) in [6.45, 7) is 16.3. The monoisotopic (exact) mass is 227 g/mol. The second-order valence-corrected chi connectivity index (χ2v) is 6.19. The second-order valence-electron chi connectivity index (χ2n) is 6.19. The van der Waals surface area contributed by atoms with Gasteiger partial charge >= 0.3 is 0 Å². The predicted molar refractivity (Wildman–Crippen MR) is 74.8 cm³/mol. The Morgan fingerprint density at radius 1 is 1.12 bits per heavy atom. The molecule has 0 rings (SSSR count). The van der Waals surface area contributed by atoms with E-state index in [1.807, 2.05) is 0 Å². The first-order valence-electron chi connectivity index (χ1n) is 7.14. The molecular weight excluding hydrogens is 194 g/mol. The van der Waals surface area contributed by atoms with Crippen molar-refractivity contribution in [3.8, 4) is 0 Å². The van der Waals surface area contributed by atoms with Crippen LogP contribution in [0.3, 0.4) is 0 Å².